The van der Waals surface area contributed by atoms with Crippen molar-refractivity contribution in [3.05, 3.63) is 11.2 Å². The van der Waals surface area contributed by atoms with Crippen LogP contribution in [0.15, 0.2) is 16.3 Å². The van der Waals surface area contributed by atoms with E-state index in [1.807, 2.05) is 0 Å². The number of methoxy groups -OCH3 is 1. The minimum absolute atomic E-state index is 0.457. The number of rotatable bonds is 0. The van der Waals surface area contributed by atoms with E-state index in [0.29, 0.717) is 11.1 Å². The highest BCUT2D eigenvalue weighted by molar-refractivity contribution is 6.30. The fourth-order valence-corrected chi connectivity index (χ4v) is 0.553. The number of ether oxygens (including phenoxy) is 1. The van der Waals surface area contributed by atoms with Gasteiger partial charge in [0.25, 0.3) is 0 Å². The van der Waals surface area contributed by atoms with Gasteiger partial charge in [-0.15, -0.1) is 5.10 Å². The molecule has 50 valence electrons. The third kappa shape index (κ3) is 1.50. The quantitative estimate of drug-likeness (QED) is 0.479. The van der Waals surface area contributed by atoms with Crippen LogP contribution in [0.3, 0.4) is 0 Å². The summed E-state index contributed by atoms with van der Waals surface area (Å²) in [6.45, 7) is 0. The van der Waals surface area contributed by atoms with Crippen molar-refractivity contribution in [3.63, 3.8) is 0 Å². The van der Waals surface area contributed by atoms with Gasteiger partial charge in [0.2, 0.25) is 5.90 Å². The van der Waals surface area contributed by atoms with Crippen molar-refractivity contribution in [1.29, 1.82) is 0 Å². The van der Waals surface area contributed by atoms with E-state index in [1.54, 1.807) is 6.08 Å². The molecule has 0 aromatic rings. The van der Waals surface area contributed by atoms with Gasteiger partial charge in [0.15, 0.2) is 0 Å². The molecule has 0 atom stereocenters. The minimum atomic E-state index is 0.457. The lowest BCUT2D eigenvalue weighted by Gasteiger charge is -2.09. The topological polar surface area (TPSA) is 45.6 Å². The fourth-order valence-electron chi connectivity index (χ4n) is 0.418. The van der Waals surface area contributed by atoms with Crippen molar-refractivity contribution in [2.75, 3.05) is 7.11 Å². The molecule has 2 N–H and O–H groups in total. The van der Waals surface area contributed by atoms with Crippen LogP contribution in [-0.4, -0.2) is 13.0 Å². The highest BCUT2D eigenvalue weighted by Gasteiger charge is 2.00. The third-order valence-electron chi connectivity index (χ3n) is 0.801. The number of hydrazone groups is 1. The molecular weight excluding hydrogens is 142 g/mol. The fraction of sp³-hybridized carbons (Fsp3) is 0.250. The monoisotopic (exact) mass is 147 g/mol. The molecule has 0 unspecified atom stereocenters. The lowest BCUT2D eigenvalue weighted by molar-refractivity contribution is 0.394. The molecule has 0 spiro atoms. The predicted octanol–water partition coefficient (Wildman–Crippen LogP) is 0.134. The summed E-state index contributed by atoms with van der Waals surface area (Å²) >= 11 is 5.52. The van der Waals surface area contributed by atoms with Crippen molar-refractivity contribution >= 4 is 17.5 Å². The Bertz CT molecular complexity index is 165. The van der Waals surface area contributed by atoms with E-state index in [2.05, 4.69) is 16.1 Å². The standard InChI is InChI=1S/C4H6ClN3O/c1-9-4-2-3(5)6-8-7-4/h2,6,8H,1H3. The first-order valence-corrected chi connectivity index (χ1v) is 2.70. The molecule has 1 heterocycles. The SMILES string of the molecule is COC1=NNNC(Cl)=C1. The molecule has 0 saturated heterocycles. The van der Waals surface area contributed by atoms with Gasteiger partial charge in [-0.2, -0.15) is 0 Å². The molecule has 9 heavy (non-hydrogen) atoms. The highest BCUT2D eigenvalue weighted by Crippen LogP contribution is 1.98. The van der Waals surface area contributed by atoms with Gasteiger partial charge in [-0.3, -0.25) is 5.43 Å². The highest BCUT2D eigenvalue weighted by atomic mass is 35.5. The molecule has 0 aliphatic carbocycles. The maximum Gasteiger partial charge on any atom is 0.235 e. The lowest BCUT2D eigenvalue weighted by Crippen LogP contribution is -2.29. The van der Waals surface area contributed by atoms with Crippen LogP contribution in [0.25, 0.3) is 0 Å². The Kier molecular flexibility index (Phi) is 1.79. The van der Waals surface area contributed by atoms with Crippen molar-refractivity contribution in [2.45, 2.75) is 0 Å². The summed E-state index contributed by atoms with van der Waals surface area (Å²) in [5.41, 5.74) is 5.00. The van der Waals surface area contributed by atoms with Crippen LogP contribution in [0.2, 0.25) is 0 Å². The minimum Gasteiger partial charge on any atom is -0.480 e. The first kappa shape index (κ1) is 6.22. The molecule has 0 saturated carbocycles. The smallest absolute Gasteiger partial charge is 0.235 e. The van der Waals surface area contributed by atoms with Gasteiger partial charge in [-0.25, -0.2) is 5.53 Å². The first-order valence-electron chi connectivity index (χ1n) is 2.33. The Morgan fingerprint density at radius 3 is 3.00 bits per heavy atom. The van der Waals surface area contributed by atoms with Crippen LogP contribution in [0.4, 0.5) is 0 Å². The Hall–Kier alpha value is -0.900. The van der Waals surface area contributed by atoms with Gasteiger partial charge in [0.05, 0.1) is 7.11 Å². The van der Waals surface area contributed by atoms with Crippen LogP contribution in [-0.2, 0) is 4.74 Å². The van der Waals surface area contributed by atoms with E-state index < -0.39 is 0 Å². The van der Waals surface area contributed by atoms with Crippen LogP contribution in [0, 0.1) is 0 Å². The molecule has 4 nitrogen and oxygen atoms in total. The Balaban J connectivity index is 2.63. The molecule has 1 aliphatic rings. The predicted molar refractivity (Wildman–Crippen MR) is 34.7 cm³/mol. The second-order valence-corrected chi connectivity index (χ2v) is 1.79. The van der Waals surface area contributed by atoms with Crippen LogP contribution >= 0.6 is 11.6 Å². The van der Waals surface area contributed by atoms with Crippen LogP contribution in [0.5, 0.6) is 0 Å². The molecule has 0 bridgehead atoms. The largest absolute Gasteiger partial charge is 0.480 e. The van der Waals surface area contributed by atoms with E-state index in [4.69, 9.17) is 16.3 Å². The van der Waals surface area contributed by atoms with Gasteiger partial charge in [-0.05, 0) is 0 Å². The molecule has 5 heteroatoms. The summed E-state index contributed by atoms with van der Waals surface area (Å²) in [6.07, 6.45) is 1.57. The molecule has 0 aromatic carbocycles. The summed E-state index contributed by atoms with van der Waals surface area (Å²) < 4.78 is 4.75. The molecule has 0 radical (unpaired) electrons. The summed E-state index contributed by atoms with van der Waals surface area (Å²) in [4.78, 5) is 0. The second kappa shape index (κ2) is 2.59. The number of hydrogen-bond acceptors (Lipinski definition) is 4. The summed E-state index contributed by atoms with van der Waals surface area (Å²) in [5.74, 6) is 0.457. The average molecular weight is 148 g/mol. The normalized spacial score (nSPS) is 16.7. The lowest BCUT2D eigenvalue weighted by atomic mass is 10.6. The van der Waals surface area contributed by atoms with Crippen molar-refractivity contribution in [1.82, 2.24) is 11.0 Å². The van der Waals surface area contributed by atoms with E-state index in [0.717, 1.165) is 0 Å². The van der Waals surface area contributed by atoms with Crippen LogP contribution in [0.1, 0.15) is 0 Å². The number of hydrogen-bond donors (Lipinski definition) is 2. The first-order chi connectivity index (χ1) is 4.33. The summed E-state index contributed by atoms with van der Waals surface area (Å²) in [7, 11) is 1.52. The van der Waals surface area contributed by atoms with Gasteiger partial charge in [0.1, 0.15) is 5.16 Å². The Morgan fingerprint density at radius 2 is 2.56 bits per heavy atom. The Morgan fingerprint density at radius 1 is 1.78 bits per heavy atom. The van der Waals surface area contributed by atoms with Crippen molar-refractivity contribution < 1.29 is 4.74 Å². The maximum absolute atomic E-state index is 5.52. The van der Waals surface area contributed by atoms with Gasteiger partial charge in [0, 0.05) is 6.08 Å². The molecule has 0 aromatic heterocycles. The van der Waals surface area contributed by atoms with Crippen molar-refractivity contribution in [3.8, 4) is 0 Å². The zero-order valence-electron chi connectivity index (χ0n) is 4.81. The zero-order valence-corrected chi connectivity index (χ0v) is 5.57. The van der Waals surface area contributed by atoms with Gasteiger partial charge in [-0.1, -0.05) is 11.6 Å². The molecule has 0 amide bonds. The molecular formula is C4H6ClN3O. The van der Waals surface area contributed by atoms with Crippen LogP contribution < -0.4 is 11.0 Å². The molecule has 0 fully saturated rings. The van der Waals surface area contributed by atoms with Crippen molar-refractivity contribution in [2.24, 2.45) is 5.10 Å². The maximum atomic E-state index is 5.52. The Labute approximate surface area is 57.5 Å². The van der Waals surface area contributed by atoms with E-state index in [1.165, 1.54) is 7.11 Å². The summed E-state index contributed by atoms with van der Waals surface area (Å²) in [5, 5.41) is 4.13. The van der Waals surface area contributed by atoms with E-state index in [-0.39, 0.29) is 0 Å². The third-order valence-corrected chi connectivity index (χ3v) is 1.00. The summed E-state index contributed by atoms with van der Waals surface area (Å²) in [6, 6.07) is 0. The molecule has 1 aliphatic heterocycles. The molecule has 1 rings (SSSR count). The number of halogens is 1. The van der Waals surface area contributed by atoms with Gasteiger partial charge >= 0.3 is 0 Å². The zero-order chi connectivity index (χ0) is 6.69. The van der Waals surface area contributed by atoms with E-state index in [9.17, 15) is 0 Å². The number of hydrazine groups is 1. The average Bonchev–Trinajstić information content (AvgIpc) is 1.88. The number of nitrogens with one attached hydrogen (secondary N) is 2. The number of nitrogens with zero attached hydrogens (tertiary/aromatic N) is 1. The van der Waals surface area contributed by atoms with Gasteiger partial charge < -0.3 is 4.74 Å². The van der Waals surface area contributed by atoms with E-state index >= 15 is 0 Å². The second-order valence-electron chi connectivity index (χ2n) is 1.38.